The molecule has 2 aliphatic rings. The maximum atomic E-state index is 9.85. The highest BCUT2D eigenvalue weighted by atomic mass is 16.7. The van der Waals surface area contributed by atoms with E-state index in [1.54, 1.807) is 0 Å². The molecule has 0 unspecified atom stereocenters. The molecule has 0 amide bonds. The number of piperidine rings is 1. The van der Waals surface area contributed by atoms with Crippen molar-refractivity contribution in [3.05, 3.63) is 25.3 Å². The fourth-order valence-electron chi connectivity index (χ4n) is 3.07. The zero-order chi connectivity index (χ0) is 13.7. The van der Waals surface area contributed by atoms with Crippen molar-refractivity contribution < 1.29 is 14.6 Å². The van der Waals surface area contributed by atoms with Crippen molar-refractivity contribution in [2.75, 3.05) is 26.3 Å². The van der Waals surface area contributed by atoms with E-state index in [4.69, 9.17) is 9.47 Å². The van der Waals surface area contributed by atoms with Crippen LogP contribution < -0.4 is 0 Å². The molecule has 2 saturated heterocycles. The van der Waals surface area contributed by atoms with Crippen molar-refractivity contribution in [3.63, 3.8) is 0 Å². The molecule has 0 saturated carbocycles. The summed E-state index contributed by atoms with van der Waals surface area (Å²) in [6, 6.07) is 0. The highest BCUT2D eigenvalue weighted by molar-refractivity contribution is 5.08. The van der Waals surface area contributed by atoms with Crippen LogP contribution in [0.25, 0.3) is 0 Å². The molecular formula is C15H25NO3. The molecule has 0 spiro atoms. The SMILES string of the molecule is C=CCN1C[C@H](O)CC[C@]1(C=C)CCC1OCCO1. The second-order valence-electron chi connectivity index (χ2n) is 5.40. The summed E-state index contributed by atoms with van der Waals surface area (Å²) in [7, 11) is 0. The molecule has 0 aromatic carbocycles. The Balaban J connectivity index is 1.99. The van der Waals surface area contributed by atoms with Crippen LogP contribution in [0.2, 0.25) is 0 Å². The quantitative estimate of drug-likeness (QED) is 0.744. The van der Waals surface area contributed by atoms with Gasteiger partial charge in [-0.25, -0.2) is 0 Å². The maximum absolute atomic E-state index is 9.85. The topological polar surface area (TPSA) is 41.9 Å². The number of aliphatic hydroxyl groups is 1. The molecule has 0 aromatic rings. The van der Waals surface area contributed by atoms with Crippen LogP contribution in [0, 0.1) is 0 Å². The Bertz CT molecular complexity index is 315. The number of hydrogen-bond donors (Lipinski definition) is 1. The average molecular weight is 267 g/mol. The lowest BCUT2D eigenvalue weighted by Crippen LogP contribution is -2.54. The van der Waals surface area contributed by atoms with E-state index >= 15 is 0 Å². The largest absolute Gasteiger partial charge is 0.392 e. The summed E-state index contributed by atoms with van der Waals surface area (Å²) < 4.78 is 11.0. The minimum absolute atomic E-state index is 0.0667. The molecule has 2 aliphatic heterocycles. The highest BCUT2D eigenvalue weighted by Crippen LogP contribution is 2.34. The van der Waals surface area contributed by atoms with Gasteiger partial charge in [0.15, 0.2) is 6.29 Å². The smallest absolute Gasteiger partial charge is 0.157 e. The highest BCUT2D eigenvalue weighted by Gasteiger charge is 2.38. The first-order valence-corrected chi connectivity index (χ1v) is 7.11. The molecule has 2 atom stereocenters. The van der Waals surface area contributed by atoms with E-state index in [0.717, 1.165) is 32.2 Å². The molecule has 0 bridgehead atoms. The van der Waals surface area contributed by atoms with Gasteiger partial charge in [0, 0.05) is 25.0 Å². The van der Waals surface area contributed by atoms with Crippen molar-refractivity contribution in [2.24, 2.45) is 0 Å². The van der Waals surface area contributed by atoms with Gasteiger partial charge in [0.2, 0.25) is 0 Å². The van der Waals surface area contributed by atoms with Crippen LogP contribution in [0.5, 0.6) is 0 Å². The summed E-state index contributed by atoms with van der Waals surface area (Å²) >= 11 is 0. The Morgan fingerprint density at radius 1 is 1.32 bits per heavy atom. The second-order valence-corrected chi connectivity index (χ2v) is 5.40. The second kappa shape index (κ2) is 6.66. The third-order valence-corrected chi connectivity index (χ3v) is 4.20. The standard InChI is InChI=1S/C15H25NO3/c1-3-9-16-12-13(17)5-7-15(16,4-2)8-6-14-18-10-11-19-14/h3-4,13-14,17H,1-2,5-12H2/t13-,15-/m1/s1. The summed E-state index contributed by atoms with van der Waals surface area (Å²) in [5.74, 6) is 0. The third-order valence-electron chi connectivity index (χ3n) is 4.20. The van der Waals surface area contributed by atoms with Crippen molar-refractivity contribution in [2.45, 2.75) is 43.6 Å². The number of likely N-dealkylation sites (tertiary alicyclic amines) is 1. The fourth-order valence-corrected chi connectivity index (χ4v) is 3.07. The van der Waals surface area contributed by atoms with Gasteiger partial charge in [-0.3, -0.25) is 4.90 Å². The van der Waals surface area contributed by atoms with Gasteiger partial charge in [-0.1, -0.05) is 12.2 Å². The van der Waals surface area contributed by atoms with E-state index in [2.05, 4.69) is 18.1 Å². The van der Waals surface area contributed by atoms with Gasteiger partial charge in [-0.05, 0) is 19.3 Å². The van der Waals surface area contributed by atoms with E-state index in [9.17, 15) is 5.11 Å². The molecule has 4 nitrogen and oxygen atoms in total. The molecule has 2 rings (SSSR count). The van der Waals surface area contributed by atoms with Crippen molar-refractivity contribution >= 4 is 0 Å². The van der Waals surface area contributed by atoms with Crippen LogP contribution in [0.4, 0.5) is 0 Å². The van der Waals surface area contributed by atoms with Gasteiger partial charge in [0.25, 0.3) is 0 Å². The van der Waals surface area contributed by atoms with Gasteiger partial charge in [0.1, 0.15) is 0 Å². The molecule has 1 N–H and O–H groups in total. The Kier molecular flexibility index (Phi) is 5.16. The van der Waals surface area contributed by atoms with E-state index in [1.165, 1.54) is 0 Å². The first-order chi connectivity index (χ1) is 9.20. The number of β-amino-alcohol motifs (C(OH)–C–C–N with tert-alkyl or cyclic N) is 1. The van der Waals surface area contributed by atoms with Crippen LogP contribution in [-0.4, -0.2) is 54.2 Å². The van der Waals surface area contributed by atoms with Crippen LogP contribution in [0.1, 0.15) is 25.7 Å². The number of aliphatic hydroxyl groups excluding tert-OH is 1. The summed E-state index contributed by atoms with van der Waals surface area (Å²) in [5, 5.41) is 9.85. The first kappa shape index (κ1) is 14.7. The lowest BCUT2D eigenvalue weighted by Gasteiger charge is -2.47. The van der Waals surface area contributed by atoms with Gasteiger partial charge in [-0.15, -0.1) is 13.2 Å². The number of hydrogen-bond acceptors (Lipinski definition) is 4. The van der Waals surface area contributed by atoms with Gasteiger partial charge in [0.05, 0.1) is 19.3 Å². The fraction of sp³-hybridized carbons (Fsp3) is 0.733. The summed E-state index contributed by atoms with van der Waals surface area (Å²) in [6.07, 6.45) is 7.17. The summed E-state index contributed by atoms with van der Waals surface area (Å²) in [6.45, 7) is 10.7. The molecular weight excluding hydrogens is 242 g/mol. The van der Waals surface area contributed by atoms with Crippen molar-refractivity contribution in [3.8, 4) is 0 Å². The van der Waals surface area contributed by atoms with Crippen LogP contribution in [-0.2, 0) is 9.47 Å². The number of rotatable bonds is 6. The van der Waals surface area contributed by atoms with E-state index < -0.39 is 0 Å². The minimum atomic E-state index is -0.244. The van der Waals surface area contributed by atoms with Crippen molar-refractivity contribution in [1.29, 1.82) is 0 Å². The zero-order valence-corrected chi connectivity index (χ0v) is 11.6. The summed E-state index contributed by atoms with van der Waals surface area (Å²) in [4.78, 5) is 2.27. The third kappa shape index (κ3) is 3.45. The van der Waals surface area contributed by atoms with Crippen LogP contribution in [0.15, 0.2) is 25.3 Å². The van der Waals surface area contributed by atoms with Gasteiger partial charge >= 0.3 is 0 Å². The lowest BCUT2D eigenvalue weighted by molar-refractivity contribution is -0.0627. The Morgan fingerprint density at radius 2 is 2.05 bits per heavy atom. The Labute approximate surface area is 115 Å². The van der Waals surface area contributed by atoms with E-state index in [1.807, 2.05) is 12.2 Å². The van der Waals surface area contributed by atoms with Gasteiger partial charge < -0.3 is 14.6 Å². The molecule has 0 radical (unpaired) electrons. The molecule has 0 aliphatic carbocycles. The maximum Gasteiger partial charge on any atom is 0.157 e. The van der Waals surface area contributed by atoms with E-state index in [-0.39, 0.29) is 17.9 Å². The van der Waals surface area contributed by atoms with E-state index in [0.29, 0.717) is 19.8 Å². The Hall–Kier alpha value is -0.680. The van der Waals surface area contributed by atoms with Gasteiger partial charge in [-0.2, -0.15) is 0 Å². The molecule has 19 heavy (non-hydrogen) atoms. The zero-order valence-electron chi connectivity index (χ0n) is 11.6. The minimum Gasteiger partial charge on any atom is -0.392 e. The molecule has 108 valence electrons. The predicted octanol–water partition coefficient (Wildman–Crippen LogP) is 1.71. The number of ether oxygens (including phenoxy) is 2. The lowest BCUT2D eigenvalue weighted by atomic mass is 9.81. The molecule has 2 fully saturated rings. The Morgan fingerprint density at radius 3 is 2.68 bits per heavy atom. The number of nitrogens with zero attached hydrogens (tertiary/aromatic N) is 1. The average Bonchev–Trinajstić information content (AvgIpc) is 2.92. The summed E-state index contributed by atoms with van der Waals surface area (Å²) in [5.41, 5.74) is -0.0667. The first-order valence-electron chi connectivity index (χ1n) is 7.11. The molecule has 2 heterocycles. The normalized spacial score (nSPS) is 33.4. The molecule has 4 heteroatoms. The monoisotopic (exact) mass is 267 g/mol. The molecule has 0 aromatic heterocycles. The van der Waals surface area contributed by atoms with Crippen LogP contribution >= 0.6 is 0 Å². The predicted molar refractivity (Wildman–Crippen MR) is 74.9 cm³/mol. The van der Waals surface area contributed by atoms with Crippen LogP contribution in [0.3, 0.4) is 0 Å². The van der Waals surface area contributed by atoms with Crippen molar-refractivity contribution in [1.82, 2.24) is 4.90 Å².